The Labute approximate surface area is 94.0 Å². The van der Waals surface area contributed by atoms with Crippen LogP contribution in [0.2, 0.25) is 0 Å². The van der Waals surface area contributed by atoms with E-state index in [-0.39, 0.29) is 11.7 Å². The predicted octanol–water partition coefficient (Wildman–Crippen LogP) is 1.45. The molecule has 1 aliphatic rings. The van der Waals surface area contributed by atoms with Gasteiger partial charge in [0.15, 0.2) is 0 Å². The number of amides is 1. The fourth-order valence-corrected chi connectivity index (χ4v) is 2.01. The molecule has 0 unspecified atom stereocenters. The number of rotatable bonds is 3. The molecule has 0 spiro atoms. The van der Waals surface area contributed by atoms with Gasteiger partial charge in [-0.25, -0.2) is 4.39 Å². The molecule has 86 valence electrons. The van der Waals surface area contributed by atoms with Crippen LogP contribution in [0.25, 0.3) is 0 Å². The number of carbonyl (C=O) groups excluding carboxylic acids is 1. The van der Waals surface area contributed by atoms with E-state index in [1.807, 2.05) is 0 Å². The van der Waals surface area contributed by atoms with Gasteiger partial charge in [-0.05, 0) is 37.1 Å². The van der Waals surface area contributed by atoms with Crippen LogP contribution in [-0.2, 0) is 11.2 Å². The SMILES string of the molecule is NCCCN1C(=O)CCc2ccc(F)cc21. The first-order chi connectivity index (χ1) is 7.72. The molecule has 3 nitrogen and oxygen atoms in total. The van der Waals surface area contributed by atoms with Crippen molar-refractivity contribution < 1.29 is 9.18 Å². The standard InChI is InChI=1S/C12H15FN2O/c13-10-4-2-9-3-5-12(16)15(7-1-6-14)11(9)8-10/h2,4,8H,1,3,5-7,14H2. The zero-order chi connectivity index (χ0) is 11.5. The normalized spacial score (nSPS) is 15.1. The highest BCUT2D eigenvalue weighted by molar-refractivity contribution is 5.96. The Hall–Kier alpha value is -1.42. The van der Waals surface area contributed by atoms with Gasteiger partial charge in [0.25, 0.3) is 0 Å². The molecule has 16 heavy (non-hydrogen) atoms. The molecule has 0 radical (unpaired) electrons. The fourth-order valence-electron chi connectivity index (χ4n) is 2.01. The van der Waals surface area contributed by atoms with Crippen LogP contribution in [0.5, 0.6) is 0 Å². The number of aryl methyl sites for hydroxylation is 1. The Kier molecular flexibility index (Phi) is 3.19. The van der Waals surface area contributed by atoms with Gasteiger partial charge in [0, 0.05) is 18.7 Å². The molecule has 0 saturated heterocycles. The van der Waals surface area contributed by atoms with Crippen molar-refractivity contribution in [3.8, 4) is 0 Å². The van der Waals surface area contributed by atoms with Crippen LogP contribution in [0.15, 0.2) is 18.2 Å². The average molecular weight is 222 g/mol. The lowest BCUT2D eigenvalue weighted by Gasteiger charge is -2.29. The number of nitrogens with zero attached hydrogens (tertiary/aromatic N) is 1. The van der Waals surface area contributed by atoms with E-state index in [0.29, 0.717) is 31.6 Å². The highest BCUT2D eigenvalue weighted by atomic mass is 19.1. The first kappa shape index (κ1) is 11.1. The van der Waals surface area contributed by atoms with Gasteiger partial charge in [0.2, 0.25) is 5.91 Å². The van der Waals surface area contributed by atoms with Gasteiger partial charge in [-0.3, -0.25) is 4.79 Å². The number of fused-ring (bicyclic) bond motifs is 1. The maximum atomic E-state index is 13.2. The Balaban J connectivity index is 2.31. The quantitative estimate of drug-likeness (QED) is 0.841. The summed E-state index contributed by atoms with van der Waals surface area (Å²) in [6.07, 6.45) is 1.94. The van der Waals surface area contributed by atoms with Gasteiger partial charge in [0.05, 0.1) is 0 Å². The molecule has 0 fully saturated rings. The van der Waals surface area contributed by atoms with Crippen LogP contribution in [-0.4, -0.2) is 19.0 Å². The largest absolute Gasteiger partial charge is 0.330 e. The van der Waals surface area contributed by atoms with Crippen molar-refractivity contribution in [2.24, 2.45) is 5.73 Å². The van der Waals surface area contributed by atoms with Crippen molar-refractivity contribution >= 4 is 11.6 Å². The highest BCUT2D eigenvalue weighted by Crippen LogP contribution is 2.28. The van der Waals surface area contributed by atoms with E-state index in [9.17, 15) is 9.18 Å². The number of benzene rings is 1. The molecule has 4 heteroatoms. The Morgan fingerprint density at radius 2 is 2.19 bits per heavy atom. The summed E-state index contributed by atoms with van der Waals surface area (Å²) in [5.41, 5.74) is 7.18. The monoisotopic (exact) mass is 222 g/mol. The van der Waals surface area contributed by atoms with Crippen molar-refractivity contribution in [3.05, 3.63) is 29.6 Å². The van der Waals surface area contributed by atoms with Crippen LogP contribution < -0.4 is 10.6 Å². The molecular formula is C12H15FN2O. The van der Waals surface area contributed by atoms with Crippen LogP contribution in [0, 0.1) is 5.82 Å². The molecule has 0 aromatic heterocycles. The summed E-state index contributed by atoms with van der Waals surface area (Å²) in [5, 5.41) is 0. The van der Waals surface area contributed by atoms with Crippen molar-refractivity contribution in [3.63, 3.8) is 0 Å². The zero-order valence-electron chi connectivity index (χ0n) is 9.08. The summed E-state index contributed by atoms with van der Waals surface area (Å²) in [6, 6.07) is 4.63. The zero-order valence-corrected chi connectivity index (χ0v) is 9.08. The topological polar surface area (TPSA) is 46.3 Å². The highest BCUT2D eigenvalue weighted by Gasteiger charge is 2.23. The molecule has 2 rings (SSSR count). The van der Waals surface area contributed by atoms with Crippen molar-refractivity contribution in [2.75, 3.05) is 18.0 Å². The number of hydrogen-bond acceptors (Lipinski definition) is 2. The summed E-state index contributed by atoms with van der Waals surface area (Å²) in [7, 11) is 0. The third kappa shape index (κ3) is 2.07. The Bertz CT molecular complexity index is 406. The van der Waals surface area contributed by atoms with E-state index in [1.165, 1.54) is 12.1 Å². The fraction of sp³-hybridized carbons (Fsp3) is 0.417. The van der Waals surface area contributed by atoms with Crippen molar-refractivity contribution in [2.45, 2.75) is 19.3 Å². The summed E-state index contributed by atoms with van der Waals surface area (Å²) < 4.78 is 13.2. The number of hydrogen-bond donors (Lipinski definition) is 1. The summed E-state index contributed by atoms with van der Waals surface area (Å²) >= 11 is 0. The van der Waals surface area contributed by atoms with Gasteiger partial charge >= 0.3 is 0 Å². The molecule has 1 aliphatic heterocycles. The second-order valence-corrected chi connectivity index (χ2v) is 3.96. The lowest BCUT2D eigenvalue weighted by molar-refractivity contribution is -0.118. The molecule has 2 N–H and O–H groups in total. The molecule has 0 bridgehead atoms. The van der Waals surface area contributed by atoms with E-state index in [4.69, 9.17) is 5.73 Å². The number of halogens is 1. The lowest BCUT2D eigenvalue weighted by Crippen LogP contribution is -2.36. The van der Waals surface area contributed by atoms with Crippen LogP contribution in [0.3, 0.4) is 0 Å². The minimum absolute atomic E-state index is 0.0616. The van der Waals surface area contributed by atoms with E-state index in [0.717, 1.165) is 12.0 Å². The first-order valence-corrected chi connectivity index (χ1v) is 5.51. The molecule has 1 aromatic rings. The van der Waals surface area contributed by atoms with E-state index >= 15 is 0 Å². The van der Waals surface area contributed by atoms with Gasteiger partial charge in [-0.15, -0.1) is 0 Å². The van der Waals surface area contributed by atoms with Gasteiger partial charge in [-0.1, -0.05) is 6.07 Å². The summed E-state index contributed by atoms with van der Waals surface area (Å²) in [6.45, 7) is 1.11. The first-order valence-electron chi connectivity index (χ1n) is 5.51. The molecule has 1 amide bonds. The number of anilines is 1. The lowest BCUT2D eigenvalue weighted by atomic mass is 10.0. The summed E-state index contributed by atoms with van der Waals surface area (Å²) in [5.74, 6) is -0.238. The van der Waals surface area contributed by atoms with Crippen LogP contribution in [0.4, 0.5) is 10.1 Å². The predicted molar refractivity (Wildman–Crippen MR) is 60.7 cm³/mol. The van der Waals surface area contributed by atoms with Crippen molar-refractivity contribution in [1.82, 2.24) is 0 Å². The second kappa shape index (κ2) is 4.61. The molecule has 0 saturated carbocycles. The molecule has 1 aromatic carbocycles. The molecule has 0 aliphatic carbocycles. The van der Waals surface area contributed by atoms with Crippen molar-refractivity contribution in [1.29, 1.82) is 0 Å². The van der Waals surface area contributed by atoms with Crippen LogP contribution in [0.1, 0.15) is 18.4 Å². The maximum absolute atomic E-state index is 13.2. The maximum Gasteiger partial charge on any atom is 0.227 e. The minimum atomic E-state index is -0.300. The Morgan fingerprint density at radius 3 is 2.94 bits per heavy atom. The second-order valence-electron chi connectivity index (χ2n) is 3.96. The smallest absolute Gasteiger partial charge is 0.227 e. The van der Waals surface area contributed by atoms with E-state index < -0.39 is 0 Å². The average Bonchev–Trinajstić information content (AvgIpc) is 2.28. The molecule has 0 atom stereocenters. The van der Waals surface area contributed by atoms with E-state index in [1.54, 1.807) is 11.0 Å². The third-order valence-corrected chi connectivity index (χ3v) is 2.83. The van der Waals surface area contributed by atoms with Gasteiger partial charge in [-0.2, -0.15) is 0 Å². The minimum Gasteiger partial charge on any atom is -0.330 e. The Morgan fingerprint density at radius 1 is 1.38 bits per heavy atom. The van der Waals surface area contributed by atoms with Gasteiger partial charge in [0.1, 0.15) is 5.82 Å². The van der Waals surface area contributed by atoms with Gasteiger partial charge < -0.3 is 10.6 Å². The molecule has 1 heterocycles. The number of nitrogens with two attached hydrogens (primary N) is 1. The third-order valence-electron chi connectivity index (χ3n) is 2.83. The van der Waals surface area contributed by atoms with Crippen LogP contribution >= 0.6 is 0 Å². The number of carbonyl (C=O) groups is 1. The molecular weight excluding hydrogens is 207 g/mol. The summed E-state index contributed by atoms with van der Waals surface area (Å²) in [4.78, 5) is 13.4. The van der Waals surface area contributed by atoms with E-state index in [2.05, 4.69) is 0 Å².